The minimum absolute atomic E-state index is 0.225. The largest absolute Gasteiger partial charge is 0.416 e. The molecule has 2 aromatic carbocycles. The summed E-state index contributed by atoms with van der Waals surface area (Å²) in [4.78, 5) is 28.4. The number of aromatic nitrogens is 1. The molecule has 0 fully saturated rings. The van der Waals surface area contributed by atoms with E-state index in [1.165, 1.54) is 30.5 Å². The molecule has 0 aliphatic heterocycles. The molecule has 0 aliphatic rings. The zero-order valence-electron chi connectivity index (χ0n) is 14.3. The molecule has 5 nitrogen and oxygen atoms in total. The maximum Gasteiger partial charge on any atom is 0.416 e. The van der Waals surface area contributed by atoms with Crippen molar-refractivity contribution in [2.24, 2.45) is 0 Å². The minimum atomic E-state index is -4.44. The lowest BCUT2D eigenvalue weighted by Crippen LogP contribution is -2.15. The summed E-state index contributed by atoms with van der Waals surface area (Å²) in [7, 11) is 0. The van der Waals surface area contributed by atoms with E-state index in [2.05, 4.69) is 15.6 Å². The normalized spacial score (nSPS) is 11.0. The van der Waals surface area contributed by atoms with E-state index in [4.69, 9.17) is 0 Å². The average molecular weight is 385 g/mol. The predicted molar refractivity (Wildman–Crippen MR) is 98.0 cm³/mol. The van der Waals surface area contributed by atoms with Crippen LogP contribution in [0.3, 0.4) is 0 Å². The molecular formula is C20H14F3N3O2. The third kappa shape index (κ3) is 4.73. The van der Waals surface area contributed by atoms with Crippen molar-refractivity contribution in [3.8, 4) is 0 Å². The van der Waals surface area contributed by atoms with Gasteiger partial charge in [-0.05, 0) is 54.6 Å². The van der Waals surface area contributed by atoms with Crippen molar-refractivity contribution in [3.63, 3.8) is 0 Å². The summed E-state index contributed by atoms with van der Waals surface area (Å²) >= 11 is 0. The summed E-state index contributed by atoms with van der Waals surface area (Å²) in [6, 6.07) is 13.5. The van der Waals surface area contributed by atoms with Crippen molar-refractivity contribution in [2.45, 2.75) is 6.18 Å². The lowest BCUT2D eigenvalue weighted by Gasteiger charge is -2.10. The summed E-state index contributed by atoms with van der Waals surface area (Å²) in [5, 5.41) is 5.18. The first-order chi connectivity index (χ1) is 13.3. The molecule has 0 radical (unpaired) electrons. The van der Waals surface area contributed by atoms with E-state index in [0.717, 1.165) is 12.1 Å². The number of nitrogens with zero attached hydrogens (tertiary/aromatic N) is 1. The second kappa shape index (κ2) is 7.91. The summed E-state index contributed by atoms with van der Waals surface area (Å²) in [6.45, 7) is 0. The lowest BCUT2D eigenvalue weighted by atomic mass is 10.1. The van der Waals surface area contributed by atoms with E-state index in [0.29, 0.717) is 11.3 Å². The Kier molecular flexibility index (Phi) is 5.39. The van der Waals surface area contributed by atoms with Crippen molar-refractivity contribution in [3.05, 3.63) is 89.7 Å². The van der Waals surface area contributed by atoms with Gasteiger partial charge in [-0.1, -0.05) is 6.07 Å². The average Bonchev–Trinajstić information content (AvgIpc) is 2.68. The summed E-state index contributed by atoms with van der Waals surface area (Å²) in [6.07, 6.45) is -1.48. The van der Waals surface area contributed by atoms with E-state index in [9.17, 15) is 22.8 Å². The zero-order chi connectivity index (χ0) is 20.1. The number of carbonyl (C=O) groups excluding carboxylic acids is 2. The third-order valence-electron chi connectivity index (χ3n) is 3.78. The molecule has 1 aromatic heterocycles. The molecule has 2 N–H and O–H groups in total. The highest BCUT2D eigenvalue weighted by molar-refractivity contribution is 6.07. The fraction of sp³-hybridized carbons (Fsp3) is 0.0500. The number of hydrogen-bond acceptors (Lipinski definition) is 3. The zero-order valence-corrected chi connectivity index (χ0v) is 14.3. The summed E-state index contributed by atoms with van der Waals surface area (Å²) < 4.78 is 37.8. The fourth-order valence-corrected chi connectivity index (χ4v) is 2.38. The van der Waals surface area contributed by atoms with Gasteiger partial charge in [0.05, 0.1) is 11.1 Å². The number of benzene rings is 2. The molecule has 0 saturated heterocycles. The van der Waals surface area contributed by atoms with Gasteiger partial charge in [-0.15, -0.1) is 0 Å². The first kappa shape index (κ1) is 19.1. The van der Waals surface area contributed by atoms with E-state index in [1.807, 2.05) is 0 Å². The first-order valence-electron chi connectivity index (χ1n) is 8.13. The molecule has 3 aromatic rings. The smallest absolute Gasteiger partial charge is 0.322 e. The maximum absolute atomic E-state index is 12.6. The number of rotatable bonds is 4. The van der Waals surface area contributed by atoms with Crippen molar-refractivity contribution in [2.75, 3.05) is 10.6 Å². The fourth-order valence-electron chi connectivity index (χ4n) is 2.38. The SMILES string of the molecule is O=C(Nc1cccc(C(=O)Nc2ccc(C(F)(F)F)cc2)c1)c1cccnc1. The molecule has 0 atom stereocenters. The van der Waals surface area contributed by atoms with Gasteiger partial charge in [-0.25, -0.2) is 0 Å². The van der Waals surface area contributed by atoms with E-state index in [-0.39, 0.29) is 17.2 Å². The molecule has 0 aliphatic carbocycles. The second-order valence-corrected chi connectivity index (χ2v) is 5.81. The predicted octanol–water partition coefficient (Wildman–Crippen LogP) is 4.61. The van der Waals surface area contributed by atoms with Crippen molar-refractivity contribution in [1.29, 1.82) is 0 Å². The van der Waals surface area contributed by atoms with Gasteiger partial charge in [0.1, 0.15) is 0 Å². The van der Waals surface area contributed by atoms with Gasteiger partial charge in [-0.2, -0.15) is 13.2 Å². The molecular weight excluding hydrogens is 371 g/mol. The van der Waals surface area contributed by atoms with Crippen molar-refractivity contribution >= 4 is 23.2 Å². The topological polar surface area (TPSA) is 71.1 Å². The van der Waals surface area contributed by atoms with Crippen LogP contribution in [0, 0.1) is 0 Å². The van der Waals surface area contributed by atoms with Gasteiger partial charge in [-0.3, -0.25) is 14.6 Å². The molecule has 8 heteroatoms. The van der Waals surface area contributed by atoms with Crippen LogP contribution < -0.4 is 10.6 Å². The van der Waals surface area contributed by atoms with Crippen LogP contribution in [-0.2, 0) is 6.18 Å². The van der Waals surface area contributed by atoms with Crippen LogP contribution in [0.5, 0.6) is 0 Å². The number of amides is 2. The van der Waals surface area contributed by atoms with Crippen LogP contribution in [0.4, 0.5) is 24.5 Å². The van der Waals surface area contributed by atoms with Gasteiger partial charge in [0.2, 0.25) is 0 Å². The van der Waals surface area contributed by atoms with Crippen LogP contribution in [0.1, 0.15) is 26.3 Å². The highest BCUT2D eigenvalue weighted by atomic mass is 19.4. The van der Waals surface area contributed by atoms with Gasteiger partial charge < -0.3 is 10.6 Å². The molecule has 0 bridgehead atoms. The molecule has 0 spiro atoms. The van der Waals surface area contributed by atoms with Crippen molar-refractivity contribution < 1.29 is 22.8 Å². The molecule has 2 amide bonds. The number of halogens is 3. The summed E-state index contributed by atoms with van der Waals surface area (Å²) in [5.41, 5.74) is 0.424. The molecule has 142 valence electrons. The number of alkyl halides is 3. The molecule has 3 rings (SSSR count). The Morgan fingerprint density at radius 3 is 2.07 bits per heavy atom. The quantitative estimate of drug-likeness (QED) is 0.689. The van der Waals surface area contributed by atoms with E-state index >= 15 is 0 Å². The highest BCUT2D eigenvalue weighted by Gasteiger charge is 2.30. The van der Waals surface area contributed by atoms with Crippen LogP contribution in [0.25, 0.3) is 0 Å². The van der Waals surface area contributed by atoms with Gasteiger partial charge in [0.15, 0.2) is 0 Å². The Morgan fingerprint density at radius 1 is 0.786 bits per heavy atom. The first-order valence-corrected chi connectivity index (χ1v) is 8.13. The number of anilines is 2. The van der Waals surface area contributed by atoms with Crippen LogP contribution in [-0.4, -0.2) is 16.8 Å². The maximum atomic E-state index is 12.6. The Morgan fingerprint density at radius 2 is 1.43 bits per heavy atom. The standard InChI is InChI=1S/C20H14F3N3O2/c21-20(22,23)15-6-8-16(9-7-15)25-18(27)13-3-1-5-17(11-13)26-19(28)14-4-2-10-24-12-14/h1-12H,(H,25,27)(H,26,28). The highest BCUT2D eigenvalue weighted by Crippen LogP contribution is 2.29. The van der Waals surface area contributed by atoms with E-state index < -0.39 is 17.6 Å². The number of carbonyl (C=O) groups is 2. The molecule has 1 heterocycles. The number of pyridine rings is 1. The van der Waals surface area contributed by atoms with Crippen molar-refractivity contribution in [1.82, 2.24) is 4.98 Å². The summed E-state index contributed by atoms with van der Waals surface area (Å²) in [5.74, 6) is -0.898. The number of nitrogens with one attached hydrogen (secondary N) is 2. The Labute approximate surface area is 158 Å². The second-order valence-electron chi connectivity index (χ2n) is 5.81. The van der Waals surface area contributed by atoms with E-state index in [1.54, 1.807) is 30.5 Å². The van der Waals surface area contributed by atoms with Crippen LogP contribution in [0.2, 0.25) is 0 Å². The monoisotopic (exact) mass is 385 g/mol. The van der Waals surface area contributed by atoms with Crippen LogP contribution >= 0.6 is 0 Å². The van der Waals surface area contributed by atoms with Crippen LogP contribution in [0.15, 0.2) is 73.1 Å². The lowest BCUT2D eigenvalue weighted by molar-refractivity contribution is -0.137. The Bertz CT molecular complexity index is 988. The molecule has 28 heavy (non-hydrogen) atoms. The number of hydrogen-bond donors (Lipinski definition) is 2. The minimum Gasteiger partial charge on any atom is -0.322 e. The molecule has 0 unspecified atom stereocenters. The molecule has 0 saturated carbocycles. The van der Waals surface area contributed by atoms with Gasteiger partial charge >= 0.3 is 6.18 Å². The Balaban J connectivity index is 1.69. The van der Waals surface area contributed by atoms with Gasteiger partial charge in [0, 0.05) is 29.3 Å². The third-order valence-corrected chi connectivity index (χ3v) is 3.78. The van der Waals surface area contributed by atoms with Gasteiger partial charge in [0.25, 0.3) is 11.8 Å². The Hall–Kier alpha value is -3.68.